The summed E-state index contributed by atoms with van der Waals surface area (Å²) in [4.78, 5) is 11.5. The van der Waals surface area contributed by atoms with Crippen LogP contribution in [0.2, 0.25) is 0 Å². The van der Waals surface area contributed by atoms with E-state index < -0.39 is 5.60 Å². The highest BCUT2D eigenvalue weighted by molar-refractivity contribution is 5.71. The largest absolute Gasteiger partial charge is 0.460 e. The van der Waals surface area contributed by atoms with Gasteiger partial charge in [0.15, 0.2) is 0 Å². The van der Waals surface area contributed by atoms with Crippen molar-refractivity contribution < 1.29 is 14.3 Å². The SMILES string of the molecule is O=C1CCC(COC(c2ccccc2)(c2ccccc2)c2ccccc2)O1. The first kappa shape index (κ1) is 17.5. The molecule has 3 nitrogen and oxygen atoms in total. The second-order valence-electron chi connectivity index (χ2n) is 6.74. The molecule has 1 fully saturated rings. The van der Waals surface area contributed by atoms with Gasteiger partial charge in [0.2, 0.25) is 0 Å². The molecule has 0 aromatic heterocycles. The van der Waals surface area contributed by atoms with Crippen molar-refractivity contribution >= 4 is 5.97 Å². The summed E-state index contributed by atoms with van der Waals surface area (Å²) in [5.74, 6) is -0.145. The van der Waals surface area contributed by atoms with Crippen molar-refractivity contribution in [3.8, 4) is 0 Å². The number of benzene rings is 3. The zero-order valence-electron chi connectivity index (χ0n) is 15.1. The summed E-state index contributed by atoms with van der Waals surface area (Å²) < 4.78 is 12.0. The standard InChI is InChI=1S/C24H22O3/c25-23-17-16-22(27-23)18-26-24(19-10-4-1-5-11-19,20-12-6-2-7-13-20)21-14-8-3-9-15-21/h1-15,22H,16-18H2. The smallest absolute Gasteiger partial charge is 0.306 e. The molecule has 0 N–H and O–H groups in total. The van der Waals surface area contributed by atoms with E-state index in [9.17, 15) is 4.79 Å². The molecule has 1 heterocycles. The number of carbonyl (C=O) groups is 1. The van der Waals surface area contributed by atoms with Crippen LogP contribution in [0.1, 0.15) is 29.5 Å². The van der Waals surface area contributed by atoms with Crippen LogP contribution < -0.4 is 0 Å². The summed E-state index contributed by atoms with van der Waals surface area (Å²) >= 11 is 0. The van der Waals surface area contributed by atoms with Gasteiger partial charge in [0, 0.05) is 6.42 Å². The predicted octanol–water partition coefficient (Wildman–Crippen LogP) is 4.70. The maximum absolute atomic E-state index is 11.5. The highest BCUT2D eigenvalue weighted by atomic mass is 16.6. The lowest BCUT2D eigenvalue weighted by atomic mass is 9.80. The second kappa shape index (κ2) is 7.77. The molecule has 0 saturated carbocycles. The Kier molecular flexibility index (Phi) is 5.03. The Balaban J connectivity index is 1.82. The van der Waals surface area contributed by atoms with Crippen molar-refractivity contribution in [3.63, 3.8) is 0 Å². The number of hydrogen-bond acceptors (Lipinski definition) is 3. The number of esters is 1. The lowest BCUT2D eigenvalue weighted by Crippen LogP contribution is -2.35. The Labute approximate surface area is 159 Å². The number of carbonyl (C=O) groups excluding carboxylic acids is 1. The van der Waals surface area contributed by atoms with Crippen molar-refractivity contribution in [2.75, 3.05) is 6.61 Å². The average molecular weight is 358 g/mol. The lowest BCUT2D eigenvalue weighted by Gasteiger charge is -2.36. The van der Waals surface area contributed by atoms with Crippen LogP contribution in [0.25, 0.3) is 0 Å². The van der Waals surface area contributed by atoms with Gasteiger partial charge in [0.05, 0.1) is 6.61 Å². The van der Waals surface area contributed by atoms with Crippen molar-refractivity contribution in [2.24, 2.45) is 0 Å². The van der Waals surface area contributed by atoms with E-state index in [4.69, 9.17) is 9.47 Å². The Morgan fingerprint density at radius 2 is 1.22 bits per heavy atom. The van der Waals surface area contributed by atoms with Gasteiger partial charge in [-0.25, -0.2) is 0 Å². The third-order valence-corrected chi connectivity index (χ3v) is 5.00. The molecule has 1 aliphatic heterocycles. The van der Waals surface area contributed by atoms with E-state index in [2.05, 4.69) is 36.4 Å². The zero-order chi connectivity index (χ0) is 18.5. The summed E-state index contributed by atoms with van der Waals surface area (Å²) in [7, 11) is 0. The molecule has 0 amide bonds. The van der Waals surface area contributed by atoms with Gasteiger partial charge in [-0.1, -0.05) is 91.0 Å². The van der Waals surface area contributed by atoms with Gasteiger partial charge in [-0.05, 0) is 23.1 Å². The minimum atomic E-state index is -0.765. The number of cyclic esters (lactones) is 1. The number of ether oxygens (including phenoxy) is 2. The van der Waals surface area contributed by atoms with Crippen LogP contribution in [0.4, 0.5) is 0 Å². The highest BCUT2D eigenvalue weighted by Gasteiger charge is 2.39. The predicted molar refractivity (Wildman–Crippen MR) is 104 cm³/mol. The zero-order valence-corrected chi connectivity index (χ0v) is 15.1. The summed E-state index contributed by atoms with van der Waals surface area (Å²) in [5.41, 5.74) is 2.38. The topological polar surface area (TPSA) is 35.5 Å². The lowest BCUT2D eigenvalue weighted by molar-refractivity contribution is -0.145. The molecular weight excluding hydrogens is 336 g/mol. The molecule has 0 aliphatic carbocycles. The quantitative estimate of drug-likeness (QED) is 0.473. The molecule has 0 spiro atoms. The molecule has 4 rings (SSSR count). The van der Waals surface area contributed by atoms with Gasteiger partial charge in [0.1, 0.15) is 11.7 Å². The summed E-state index contributed by atoms with van der Waals surface area (Å²) in [6.07, 6.45) is 0.962. The van der Waals surface area contributed by atoms with E-state index in [0.29, 0.717) is 19.4 Å². The molecule has 0 radical (unpaired) electrons. The third-order valence-electron chi connectivity index (χ3n) is 5.00. The molecule has 3 aromatic rings. The Bertz CT molecular complexity index is 779. The van der Waals surface area contributed by atoms with Crippen LogP contribution in [0, 0.1) is 0 Å². The van der Waals surface area contributed by atoms with Gasteiger partial charge in [-0.3, -0.25) is 4.79 Å². The Morgan fingerprint density at radius 1 is 0.778 bits per heavy atom. The van der Waals surface area contributed by atoms with E-state index in [-0.39, 0.29) is 12.1 Å². The third kappa shape index (κ3) is 3.51. The van der Waals surface area contributed by atoms with Gasteiger partial charge in [0.25, 0.3) is 0 Å². The van der Waals surface area contributed by atoms with Crippen LogP contribution in [-0.4, -0.2) is 18.7 Å². The first-order chi connectivity index (χ1) is 13.3. The van der Waals surface area contributed by atoms with Crippen LogP contribution in [0.5, 0.6) is 0 Å². The van der Waals surface area contributed by atoms with Gasteiger partial charge < -0.3 is 9.47 Å². The second-order valence-corrected chi connectivity index (χ2v) is 6.74. The maximum atomic E-state index is 11.5. The summed E-state index contributed by atoms with van der Waals surface area (Å²) in [6, 6.07) is 30.6. The highest BCUT2D eigenvalue weighted by Crippen LogP contribution is 2.40. The minimum absolute atomic E-state index is 0.145. The van der Waals surface area contributed by atoms with Crippen molar-refractivity contribution in [1.82, 2.24) is 0 Å². The molecule has 3 heteroatoms. The molecule has 136 valence electrons. The normalized spacial score (nSPS) is 16.9. The first-order valence-corrected chi connectivity index (χ1v) is 9.29. The average Bonchev–Trinajstić information content (AvgIpc) is 3.16. The van der Waals surface area contributed by atoms with Crippen molar-refractivity contribution in [2.45, 2.75) is 24.5 Å². The molecule has 27 heavy (non-hydrogen) atoms. The Hall–Kier alpha value is -2.91. The number of rotatable bonds is 6. The molecule has 1 saturated heterocycles. The molecule has 3 aromatic carbocycles. The summed E-state index contributed by atoms with van der Waals surface area (Å²) in [6.45, 7) is 0.352. The van der Waals surface area contributed by atoms with E-state index in [0.717, 1.165) is 16.7 Å². The van der Waals surface area contributed by atoms with E-state index in [1.54, 1.807) is 0 Å². The fraction of sp³-hybridized carbons (Fsp3) is 0.208. The van der Waals surface area contributed by atoms with E-state index >= 15 is 0 Å². The first-order valence-electron chi connectivity index (χ1n) is 9.29. The van der Waals surface area contributed by atoms with Crippen LogP contribution in [0.3, 0.4) is 0 Å². The van der Waals surface area contributed by atoms with Crippen LogP contribution in [0.15, 0.2) is 91.0 Å². The van der Waals surface area contributed by atoms with Crippen LogP contribution >= 0.6 is 0 Å². The molecule has 1 atom stereocenters. The molecular formula is C24H22O3. The maximum Gasteiger partial charge on any atom is 0.306 e. The minimum Gasteiger partial charge on any atom is -0.460 e. The van der Waals surface area contributed by atoms with Gasteiger partial charge in [-0.2, -0.15) is 0 Å². The van der Waals surface area contributed by atoms with E-state index in [1.165, 1.54) is 0 Å². The van der Waals surface area contributed by atoms with Crippen molar-refractivity contribution in [1.29, 1.82) is 0 Å². The molecule has 1 aliphatic rings. The molecule has 1 unspecified atom stereocenters. The monoisotopic (exact) mass is 358 g/mol. The van der Waals surface area contributed by atoms with E-state index in [1.807, 2.05) is 54.6 Å². The van der Waals surface area contributed by atoms with Gasteiger partial charge in [-0.15, -0.1) is 0 Å². The summed E-state index contributed by atoms with van der Waals surface area (Å²) in [5, 5.41) is 0. The fourth-order valence-corrected chi connectivity index (χ4v) is 3.69. The fourth-order valence-electron chi connectivity index (χ4n) is 3.69. The number of hydrogen-bond donors (Lipinski definition) is 0. The molecule has 0 bridgehead atoms. The van der Waals surface area contributed by atoms with Gasteiger partial charge >= 0.3 is 5.97 Å². The van der Waals surface area contributed by atoms with Crippen molar-refractivity contribution in [3.05, 3.63) is 108 Å². The Morgan fingerprint density at radius 3 is 1.59 bits per heavy atom. The van der Waals surface area contributed by atoms with Crippen LogP contribution in [-0.2, 0) is 19.9 Å².